The predicted molar refractivity (Wildman–Crippen MR) is 102 cm³/mol. The predicted octanol–water partition coefficient (Wildman–Crippen LogP) is 3.00. The van der Waals surface area contributed by atoms with Crippen molar-refractivity contribution >= 4 is 41.5 Å². The Morgan fingerprint density at radius 1 is 1.48 bits per heavy atom. The van der Waals surface area contributed by atoms with E-state index in [1.807, 2.05) is 22.7 Å². The van der Waals surface area contributed by atoms with Crippen LogP contribution in [0.2, 0.25) is 5.02 Å². The van der Waals surface area contributed by atoms with Crippen molar-refractivity contribution in [3.63, 3.8) is 0 Å². The van der Waals surface area contributed by atoms with Crippen LogP contribution in [0, 0.1) is 5.82 Å². The summed E-state index contributed by atoms with van der Waals surface area (Å²) in [5.74, 6) is 0.368. The average Bonchev–Trinajstić information content (AvgIpc) is 3.00. The second-order valence-corrected chi connectivity index (χ2v) is 5.24. The fourth-order valence-electron chi connectivity index (χ4n) is 2.10. The van der Waals surface area contributed by atoms with Crippen molar-refractivity contribution in [2.45, 2.75) is 13.1 Å². The van der Waals surface area contributed by atoms with Crippen molar-refractivity contribution in [3.8, 4) is 0 Å². The van der Waals surface area contributed by atoms with Crippen LogP contribution in [-0.2, 0) is 13.1 Å². The lowest BCUT2D eigenvalue weighted by atomic mass is 10.2. The molecule has 0 atom stereocenters. The monoisotopic (exact) mass is 451 g/mol. The average molecular weight is 452 g/mol. The molecule has 8 heteroatoms. The maximum absolute atomic E-state index is 13.8. The molecule has 0 amide bonds. The minimum atomic E-state index is -0.312. The van der Waals surface area contributed by atoms with Crippen LogP contribution >= 0.6 is 35.6 Å². The standard InChI is InChI=1S/C15H19ClFN5.HI/c1-18-15(20-7-9-22-8-6-19-11-22)21(2)10-12-13(16)4-3-5-14(12)17;/h3-6,8,11H,7,9-10H2,1-2H3,(H,18,20);1H. The van der Waals surface area contributed by atoms with Crippen LogP contribution in [0.1, 0.15) is 5.56 Å². The number of guanidine groups is 1. The summed E-state index contributed by atoms with van der Waals surface area (Å²) in [6, 6.07) is 4.69. The van der Waals surface area contributed by atoms with E-state index in [1.54, 1.807) is 31.7 Å². The zero-order valence-corrected chi connectivity index (χ0v) is 16.1. The number of halogens is 3. The van der Waals surface area contributed by atoms with Crippen LogP contribution < -0.4 is 5.32 Å². The van der Waals surface area contributed by atoms with Crippen molar-refractivity contribution in [2.24, 2.45) is 4.99 Å². The van der Waals surface area contributed by atoms with Gasteiger partial charge < -0.3 is 14.8 Å². The van der Waals surface area contributed by atoms with E-state index in [1.165, 1.54) is 6.07 Å². The van der Waals surface area contributed by atoms with E-state index in [0.717, 1.165) is 6.54 Å². The topological polar surface area (TPSA) is 45.5 Å². The van der Waals surface area contributed by atoms with Gasteiger partial charge in [-0.3, -0.25) is 4.99 Å². The van der Waals surface area contributed by atoms with Gasteiger partial charge in [0.25, 0.3) is 0 Å². The van der Waals surface area contributed by atoms with Crippen molar-refractivity contribution in [1.29, 1.82) is 0 Å². The lowest BCUT2D eigenvalue weighted by Gasteiger charge is -2.23. The van der Waals surface area contributed by atoms with Gasteiger partial charge >= 0.3 is 0 Å². The van der Waals surface area contributed by atoms with Crippen LogP contribution in [-0.4, -0.2) is 41.1 Å². The van der Waals surface area contributed by atoms with Crippen LogP contribution in [0.3, 0.4) is 0 Å². The van der Waals surface area contributed by atoms with Gasteiger partial charge in [0.05, 0.1) is 6.33 Å². The quantitative estimate of drug-likeness (QED) is 0.432. The fourth-order valence-corrected chi connectivity index (χ4v) is 2.32. The van der Waals surface area contributed by atoms with Crippen molar-refractivity contribution in [2.75, 3.05) is 20.6 Å². The summed E-state index contributed by atoms with van der Waals surface area (Å²) < 4.78 is 15.8. The molecular weight excluding hydrogens is 432 g/mol. The van der Waals surface area contributed by atoms with E-state index < -0.39 is 0 Å². The van der Waals surface area contributed by atoms with E-state index in [4.69, 9.17) is 11.6 Å². The third-order valence-corrected chi connectivity index (χ3v) is 3.60. The summed E-state index contributed by atoms with van der Waals surface area (Å²) in [6.07, 6.45) is 5.39. The van der Waals surface area contributed by atoms with Crippen molar-refractivity contribution in [1.82, 2.24) is 19.8 Å². The first kappa shape index (κ1) is 19.7. The van der Waals surface area contributed by atoms with E-state index in [0.29, 0.717) is 29.6 Å². The Balaban J connectivity index is 0.00000264. The van der Waals surface area contributed by atoms with Gasteiger partial charge in [-0.25, -0.2) is 9.37 Å². The molecule has 1 heterocycles. The van der Waals surface area contributed by atoms with E-state index >= 15 is 0 Å². The lowest BCUT2D eigenvalue weighted by Crippen LogP contribution is -2.40. The van der Waals surface area contributed by atoms with Crippen molar-refractivity contribution < 1.29 is 4.39 Å². The summed E-state index contributed by atoms with van der Waals surface area (Å²) in [7, 11) is 3.54. The van der Waals surface area contributed by atoms with Crippen LogP contribution in [0.25, 0.3) is 0 Å². The summed E-state index contributed by atoms with van der Waals surface area (Å²) in [5, 5.41) is 3.65. The molecule has 1 aromatic heterocycles. The summed E-state index contributed by atoms with van der Waals surface area (Å²) in [5.41, 5.74) is 0.462. The van der Waals surface area contributed by atoms with Crippen LogP contribution in [0.15, 0.2) is 41.9 Å². The Kier molecular flexibility index (Phi) is 8.32. The van der Waals surface area contributed by atoms with E-state index in [9.17, 15) is 4.39 Å². The number of rotatable bonds is 5. The highest BCUT2D eigenvalue weighted by molar-refractivity contribution is 14.0. The Bertz CT molecular complexity index is 613. The Morgan fingerprint density at radius 3 is 2.87 bits per heavy atom. The highest BCUT2D eigenvalue weighted by Gasteiger charge is 2.12. The zero-order chi connectivity index (χ0) is 15.9. The minimum absolute atomic E-state index is 0. The van der Waals surface area contributed by atoms with Gasteiger partial charge in [-0.05, 0) is 12.1 Å². The molecule has 1 N–H and O–H groups in total. The summed E-state index contributed by atoms with van der Waals surface area (Å²) in [6.45, 7) is 1.81. The first-order valence-corrected chi connectivity index (χ1v) is 7.30. The number of aromatic nitrogens is 2. The third kappa shape index (κ3) is 5.65. The molecule has 2 rings (SSSR count). The van der Waals surface area contributed by atoms with Gasteiger partial charge in [0.2, 0.25) is 0 Å². The van der Waals surface area contributed by atoms with Gasteiger partial charge in [-0.2, -0.15) is 0 Å². The molecule has 5 nitrogen and oxygen atoms in total. The molecule has 1 aromatic carbocycles. The van der Waals surface area contributed by atoms with Gasteiger partial charge in [-0.1, -0.05) is 17.7 Å². The second kappa shape index (κ2) is 9.71. The fraction of sp³-hybridized carbons (Fsp3) is 0.333. The maximum Gasteiger partial charge on any atom is 0.193 e. The number of benzene rings is 1. The van der Waals surface area contributed by atoms with Crippen molar-refractivity contribution in [3.05, 3.63) is 53.3 Å². The molecule has 23 heavy (non-hydrogen) atoms. The number of nitrogens with zero attached hydrogens (tertiary/aromatic N) is 4. The molecule has 0 saturated carbocycles. The second-order valence-electron chi connectivity index (χ2n) is 4.83. The first-order chi connectivity index (χ1) is 10.6. The Hall–Kier alpha value is -1.35. The molecule has 0 saturated heterocycles. The molecule has 0 spiro atoms. The highest BCUT2D eigenvalue weighted by atomic mass is 127. The Morgan fingerprint density at radius 2 is 2.26 bits per heavy atom. The number of hydrogen-bond acceptors (Lipinski definition) is 2. The van der Waals surface area contributed by atoms with Crippen LogP contribution in [0.5, 0.6) is 0 Å². The molecule has 2 aromatic rings. The number of hydrogen-bond donors (Lipinski definition) is 1. The van der Waals surface area contributed by atoms with E-state index in [-0.39, 0.29) is 29.8 Å². The number of imidazole rings is 1. The van der Waals surface area contributed by atoms with E-state index in [2.05, 4.69) is 15.3 Å². The van der Waals surface area contributed by atoms with Gasteiger partial charge in [0.15, 0.2) is 5.96 Å². The molecule has 0 aliphatic heterocycles. The smallest absolute Gasteiger partial charge is 0.193 e. The molecule has 0 aliphatic carbocycles. The molecule has 0 aliphatic rings. The zero-order valence-electron chi connectivity index (χ0n) is 13.0. The van der Waals surface area contributed by atoms with Gasteiger partial charge in [0, 0.05) is 56.7 Å². The number of nitrogens with one attached hydrogen (secondary N) is 1. The molecule has 0 bridgehead atoms. The molecule has 0 radical (unpaired) electrons. The molecule has 126 valence electrons. The Labute approximate surface area is 157 Å². The normalized spacial score (nSPS) is 11.0. The summed E-state index contributed by atoms with van der Waals surface area (Å²) in [4.78, 5) is 10.0. The molecular formula is C15H20ClFIN5. The largest absolute Gasteiger partial charge is 0.354 e. The number of aliphatic imine (C=N–C) groups is 1. The van der Waals surface area contributed by atoms with Crippen LogP contribution in [0.4, 0.5) is 4.39 Å². The first-order valence-electron chi connectivity index (χ1n) is 6.92. The maximum atomic E-state index is 13.8. The molecule has 0 unspecified atom stereocenters. The molecule has 0 fully saturated rings. The third-order valence-electron chi connectivity index (χ3n) is 3.24. The minimum Gasteiger partial charge on any atom is -0.354 e. The summed E-state index contributed by atoms with van der Waals surface area (Å²) >= 11 is 6.06. The van der Waals surface area contributed by atoms with Gasteiger partial charge in [-0.15, -0.1) is 24.0 Å². The lowest BCUT2D eigenvalue weighted by molar-refractivity contribution is 0.458. The van der Waals surface area contributed by atoms with Gasteiger partial charge in [0.1, 0.15) is 5.82 Å². The highest BCUT2D eigenvalue weighted by Crippen LogP contribution is 2.20. The SMILES string of the molecule is CN=C(NCCn1ccnc1)N(C)Cc1c(F)cccc1Cl.I.